The highest BCUT2D eigenvalue weighted by Gasteiger charge is 2.13. The van der Waals surface area contributed by atoms with Gasteiger partial charge in [0, 0.05) is 17.8 Å². The van der Waals surface area contributed by atoms with E-state index in [0.717, 1.165) is 5.69 Å². The molecule has 5 heteroatoms. The van der Waals surface area contributed by atoms with Crippen LogP contribution in [-0.4, -0.2) is 4.92 Å². The van der Waals surface area contributed by atoms with E-state index in [4.69, 9.17) is 0 Å². The van der Waals surface area contributed by atoms with Crippen molar-refractivity contribution in [3.63, 3.8) is 0 Å². The summed E-state index contributed by atoms with van der Waals surface area (Å²) < 4.78 is 0.476. The fourth-order valence-corrected chi connectivity index (χ4v) is 2.54. The van der Waals surface area contributed by atoms with Crippen LogP contribution in [0.5, 0.6) is 0 Å². The Morgan fingerprint density at radius 3 is 2.60 bits per heavy atom. The van der Waals surface area contributed by atoms with Crippen molar-refractivity contribution in [3.05, 3.63) is 68.2 Å². The predicted octanol–water partition coefficient (Wildman–Crippen LogP) is 4.84. The summed E-state index contributed by atoms with van der Waals surface area (Å²) in [5.74, 6) is 0. The van der Waals surface area contributed by atoms with Crippen molar-refractivity contribution in [2.75, 3.05) is 5.32 Å². The SMILES string of the molecule is Cc1cccc(C(C)Nc2ccc([N+](=O)[O-])c(Br)c2)c1. The van der Waals surface area contributed by atoms with E-state index in [2.05, 4.69) is 53.3 Å². The van der Waals surface area contributed by atoms with Gasteiger partial charge in [0.05, 0.1) is 9.40 Å². The summed E-state index contributed by atoms with van der Waals surface area (Å²) in [4.78, 5) is 10.4. The van der Waals surface area contributed by atoms with Crippen LogP contribution >= 0.6 is 15.9 Å². The van der Waals surface area contributed by atoms with Gasteiger partial charge in [0.1, 0.15) is 0 Å². The molecule has 0 fully saturated rings. The molecule has 0 spiro atoms. The minimum absolute atomic E-state index is 0.0683. The van der Waals surface area contributed by atoms with Crippen LogP contribution < -0.4 is 5.32 Å². The van der Waals surface area contributed by atoms with Crippen molar-refractivity contribution in [2.45, 2.75) is 19.9 Å². The Morgan fingerprint density at radius 1 is 1.25 bits per heavy atom. The number of hydrogen-bond donors (Lipinski definition) is 1. The largest absolute Gasteiger partial charge is 0.378 e. The number of rotatable bonds is 4. The average molecular weight is 335 g/mol. The second-order valence-corrected chi connectivity index (χ2v) is 5.56. The van der Waals surface area contributed by atoms with E-state index in [0.29, 0.717) is 4.47 Å². The van der Waals surface area contributed by atoms with Gasteiger partial charge in [-0.05, 0) is 47.5 Å². The highest BCUT2D eigenvalue weighted by molar-refractivity contribution is 9.10. The molecule has 1 N–H and O–H groups in total. The van der Waals surface area contributed by atoms with Crippen LogP contribution in [0.3, 0.4) is 0 Å². The van der Waals surface area contributed by atoms with Gasteiger partial charge >= 0.3 is 0 Å². The van der Waals surface area contributed by atoms with E-state index < -0.39 is 4.92 Å². The number of hydrogen-bond acceptors (Lipinski definition) is 3. The number of nitrogens with one attached hydrogen (secondary N) is 1. The number of nitro benzene ring substituents is 1. The van der Waals surface area contributed by atoms with Gasteiger partial charge in [-0.2, -0.15) is 0 Å². The first kappa shape index (κ1) is 14.5. The molecule has 0 saturated heterocycles. The van der Waals surface area contributed by atoms with Gasteiger partial charge in [-0.25, -0.2) is 0 Å². The zero-order chi connectivity index (χ0) is 14.7. The molecule has 0 amide bonds. The Morgan fingerprint density at radius 2 is 2.00 bits per heavy atom. The van der Waals surface area contributed by atoms with Crippen molar-refractivity contribution in [1.82, 2.24) is 0 Å². The van der Waals surface area contributed by atoms with E-state index >= 15 is 0 Å². The van der Waals surface area contributed by atoms with Crippen molar-refractivity contribution in [2.24, 2.45) is 0 Å². The molecule has 104 valence electrons. The van der Waals surface area contributed by atoms with Crippen molar-refractivity contribution < 1.29 is 4.92 Å². The van der Waals surface area contributed by atoms with Crippen LogP contribution in [0.1, 0.15) is 24.1 Å². The quantitative estimate of drug-likeness (QED) is 0.642. The van der Waals surface area contributed by atoms with Crippen LogP contribution in [-0.2, 0) is 0 Å². The first-order valence-corrected chi connectivity index (χ1v) is 7.03. The Kier molecular flexibility index (Phi) is 4.39. The second-order valence-electron chi connectivity index (χ2n) is 4.70. The third-order valence-corrected chi connectivity index (χ3v) is 3.70. The molecule has 2 aromatic carbocycles. The topological polar surface area (TPSA) is 55.2 Å². The zero-order valence-corrected chi connectivity index (χ0v) is 12.8. The lowest BCUT2D eigenvalue weighted by Crippen LogP contribution is -2.06. The highest BCUT2D eigenvalue weighted by atomic mass is 79.9. The maximum atomic E-state index is 10.8. The van der Waals surface area contributed by atoms with Crippen LogP contribution in [0.2, 0.25) is 0 Å². The van der Waals surface area contributed by atoms with E-state index in [9.17, 15) is 10.1 Å². The molecule has 0 bridgehead atoms. The molecule has 0 aliphatic carbocycles. The molecule has 0 heterocycles. The van der Waals surface area contributed by atoms with Gasteiger partial charge in [-0.1, -0.05) is 29.8 Å². The maximum Gasteiger partial charge on any atom is 0.283 e. The van der Waals surface area contributed by atoms with Gasteiger partial charge in [0.2, 0.25) is 0 Å². The minimum Gasteiger partial charge on any atom is -0.378 e. The molecular formula is C15H15BrN2O2. The highest BCUT2D eigenvalue weighted by Crippen LogP contribution is 2.29. The molecule has 0 aliphatic rings. The third kappa shape index (κ3) is 3.36. The normalized spacial score (nSPS) is 11.9. The van der Waals surface area contributed by atoms with Gasteiger partial charge in [-0.3, -0.25) is 10.1 Å². The molecule has 1 unspecified atom stereocenters. The molecule has 4 nitrogen and oxygen atoms in total. The fourth-order valence-electron chi connectivity index (χ4n) is 2.02. The smallest absolute Gasteiger partial charge is 0.283 e. The Bertz CT molecular complexity index is 644. The number of nitro groups is 1. The molecule has 0 aromatic heterocycles. The van der Waals surface area contributed by atoms with Gasteiger partial charge in [0.15, 0.2) is 0 Å². The van der Waals surface area contributed by atoms with Crippen molar-refractivity contribution >= 4 is 27.3 Å². The molecule has 20 heavy (non-hydrogen) atoms. The van der Waals surface area contributed by atoms with Crippen LogP contribution in [0.25, 0.3) is 0 Å². The second kappa shape index (κ2) is 6.05. The first-order valence-electron chi connectivity index (χ1n) is 6.24. The lowest BCUT2D eigenvalue weighted by molar-refractivity contribution is -0.385. The van der Waals surface area contributed by atoms with Crippen molar-refractivity contribution in [1.29, 1.82) is 0 Å². The lowest BCUT2D eigenvalue weighted by Gasteiger charge is -2.16. The summed E-state index contributed by atoms with van der Waals surface area (Å²) in [6.07, 6.45) is 0. The summed E-state index contributed by atoms with van der Waals surface area (Å²) >= 11 is 3.22. The molecule has 0 radical (unpaired) electrons. The van der Waals surface area contributed by atoms with Crippen LogP contribution in [0.15, 0.2) is 46.9 Å². The summed E-state index contributed by atoms with van der Waals surface area (Å²) in [5, 5.41) is 14.1. The molecule has 1 atom stereocenters. The number of halogens is 1. The number of aryl methyl sites for hydroxylation is 1. The standard InChI is InChI=1S/C15H15BrN2O2/c1-10-4-3-5-12(8-10)11(2)17-13-6-7-15(18(19)20)14(16)9-13/h3-9,11,17H,1-2H3. The zero-order valence-electron chi connectivity index (χ0n) is 11.3. The summed E-state index contributed by atoms with van der Waals surface area (Å²) in [6, 6.07) is 13.3. The van der Waals surface area contributed by atoms with E-state index in [1.54, 1.807) is 12.1 Å². The number of anilines is 1. The Hall–Kier alpha value is -1.88. The molecule has 2 rings (SSSR count). The molecule has 0 aliphatic heterocycles. The molecular weight excluding hydrogens is 320 g/mol. The Labute approximate surface area is 126 Å². The molecule has 0 saturated carbocycles. The van der Waals surface area contributed by atoms with Gasteiger partial charge < -0.3 is 5.32 Å². The minimum atomic E-state index is -0.405. The monoisotopic (exact) mass is 334 g/mol. The lowest BCUT2D eigenvalue weighted by atomic mass is 10.1. The number of benzene rings is 2. The van der Waals surface area contributed by atoms with E-state index in [-0.39, 0.29) is 11.7 Å². The first-order chi connectivity index (χ1) is 9.47. The van der Waals surface area contributed by atoms with Gasteiger partial charge in [0.25, 0.3) is 5.69 Å². The summed E-state index contributed by atoms with van der Waals surface area (Å²) in [5.41, 5.74) is 3.30. The Balaban J connectivity index is 2.18. The van der Waals surface area contributed by atoms with Crippen molar-refractivity contribution in [3.8, 4) is 0 Å². The maximum absolute atomic E-state index is 10.8. The average Bonchev–Trinajstić information content (AvgIpc) is 2.38. The van der Waals surface area contributed by atoms with E-state index in [1.807, 2.05) is 6.07 Å². The molecule has 2 aromatic rings. The third-order valence-electron chi connectivity index (χ3n) is 3.07. The fraction of sp³-hybridized carbons (Fsp3) is 0.200. The summed E-state index contributed by atoms with van der Waals surface area (Å²) in [7, 11) is 0. The summed E-state index contributed by atoms with van der Waals surface area (Å²) in [6.45, 7) is 4.11. The van der Waals surface area contributed by atoms with Crippen LogP contribution in [0.4, 0.5) is 11.4 Å². The van der Waals surface area contributed by atoms with E-state index in [1.165, 1.54) is 17.2 Å². The van der Waals surface area contributed by atoms with Gasteiger partial charge in [-0.15, -0.1) is 0 Å². The predicted molar refractivity (Wildman–Crippen MR) is 84.0 cm³/mol. The van der Waals surface area contributed by atoms with Crippen LogP contribution in [0, 0.1) is 17.0 Å². The number of nitrogens with zero attached hydrogens (tertiary/aromatic N) is 1.